The summed E-state index contributed by atoms with van der Waals surface area (Å²) in [7, 11) is 3.21. The van der Waals surface area contributed by atoms with Gasteiger partial charge in [-0.15, -0.1) is 10.2 Å². The second-order valence-corrected chi connectivity index (χ2v) is 6.77. The number of benzene rings is 1. The number of aryl methyl sites for hydroxylation is 1. The van der Waals surface area contributed by atoms with E-state index in [1.807, 2.05) is 25.1 Å². The molecule has 1 N–H and O–H groups in total. The average Bonchev–Trinajstić information content (AvgIpc) is 3.03. The topological polar surface area (TPSA) is 91.2 Å². The van der Waals surface area contributed by atoms with Crippen LogP contribution in [0, 0.1) is 6.92 Å². The zero-order valence-electron chi connectivity index (χ0n) is 15.6. The van der Waals surface area contributed by atoms with Gasteiger partial charge in [-0.05, 0) is 37.3 Å². The number of hydrogen-bond donors (Lipinski definition) is 1. The van der Waals surface area contributed by atoms with Crippen molar-refractivity contribution in [3.05, 3.63) is 52.3 Å². The number of anilines is 1. The first-order valence-electron chi connectivity index (χ1n) is 8.62. The number of rotatable bonds is 4. The maximum Gasteiger partial charge on any atom is 0.226 e. The van der Waals surface area contributed by atoms with E-state index < -0.39 is 0 Å². The molecule has 1 atom stereocenters. The van der Waals surface area contributed by atoms with Crippen molar-refractivity contribution in [2.24, 2.45) is 0 Å². The molecule has 0 aliphatic carbocycles. The molecule has 8 nitrogen and oxygen atoms in total. The zero-order valence-corrected chi connectivity index (χ0v) is 16.3. The Balaban J connectivity index is 1.89. The lowest BCUT2D eigenvalue weighted by Gasteiger charge is -2.25. The largest absolute Gasteiger partial charge is 0.497 e. The standard InChI is InChI=1S/C19H18ClN5O3/c1-10-18-13(12-8-11(27-2)4-5-14(12)28-3)9-17(26)21-19(18)25(24-10)16-7-6-15(20)22-23-16/h4-8,13H,9H2,1-3H3,(H,21,26)/t13-/m0/s1. The fourth-order valence-corrected chi connectivity index (χ4v) is 3.61. The van der Waals surface area contributed by atoms with E-state index in [1.165, 1.54) is 0 Å². The van der Waals surface area contributed by atoms with Crippen LogP contribution in [0.5, 0.6) is 11.5 Å². The van der Waals surface area contributed by atoms with Crippen LogP contribution in [-0.2, 0) is 4.79 Å². The monoisotopic (exact) mass is 399 g/mol. The molecule has 0 radical (unpaired) electrons. The smallest absolute Gasteiger partial charge is 0.226 e. The van der Waals surface area contributed by atoms with Crippen LogP contribution >= 0.6 is 11.6 Å². The number of fused-ring (bicyclic) bond motifs is 1. The predicted molar refractivity (Wildman–Crippen MR) is 104 cm³/mol. The Bertz CT molecular complexity index is 1050. The van der Waals surface area contributed by atoms with Crippen molar-refractivity contribution < 1.29 is 14.3 Å². The summed E-state index contributed by atoms with van der Waals surface area (Å²) in [6.07, 6.45) is 0.273. The van der Waals surface area contributed by atoms with Crippen LogP contribution in [0.1, 0.15) is 29.2 Å². The van der Waals surface area contributed by atoms with E-state index in [0.29, 0.717) is 23.1 Å². The molecule has 9 heteroatoms. The Morgan fingerprint density at radius 2 is 2.00 bits per heavy atom. The summed E-state index contributed by atoms with van der Waals surface area (Å²) in [5, 5.41) is 15.7. The number of carbonyl (C=O) groups is 1. The van der Waals surface area contributed by atoms with E-state index in [4.69, 9.17) is 21.1 Å². The Labute approximate surface area is 166 Å². The van der Waals surface area contributed by atoms with Crippen molar-refractivity contribution in [1.82, 2.24) is 20.0 Å². The Hall–Kier alpha value is -3.13. The quantitative estimate of drug-likeness (QED) is 0.724. The van der Waals surface area contributed by atoms with Crippen molar-refractivity contribution in [3.63, 3.8) is 0 Å². The minimum atomic E-state index is -0.234. The maximum absolute atomic E-state index is 12.5. The lowest BCUT2D eigenvalue weighted by Crippen LogP contribution is -2.25. The van der Waals surface area contributed by atoms with Crippen molar-refractivity contribution in [2.45, 2.75) is 19.3 Å². The van der Waals surface area contributed by atoms with Gasteiger partial charge in [-0.25, -0.2) is 0 Å². The van der Waals surface area contributed by atoms with E-state index in [2.05, 4.69) is 20.6 Å². The molecular weight excluding hydrogens is 382 g/mol. The van der Waals surface area contributed by atoms with Crippen molar-refractivity contribution in [2.75, 3.05) is 19.5 Å². The van der Waals surface area contributed by atoms with Gasteiger partial charge >= 0.3 is 0 Å². The summed E-state index contributed by atoms with van der Waals surface area (Å²) >= 11 is 5.84. The highest BCUT2D eigenvalue weighted by atomic mass is 35.5. The van der Waals surface area contributed by atoms with Crippen LogP contribution in [-0.4, -0.2) is 40.1 Å². The summed E-state index contributed by atoms with van der Waals surface area (Å²) in [6, 6.07) is 8.88. The normalized spacial score (nSPS) is 15.7. The van der Waals surface area contributed by atoms with Crippen LogP contribution in [0.2, 0.25) is 5.15 Å². The third-order valence-corrected chi connectivity index (χ3v) is 4.95. The van der Waals surface area contributed by atoms with E-state index in [-0.39, 0.29) is 23.4 Å². The SMILES string of the molecule is COc1ccc(OC)c([C@@H]2CC(=O)Nc3c2c(C)nn3-c2ccc(Cl)nn2)c1. The molecule has 1 aliphatic heterocycles. The Kier molecular flexibility index (Phi) is 4.64. The number of halogens is 1. The van der Waals surface area contributed by atoms with Gasteiger partial charge in [0.05, 0.1) is 19.9 Å². The predicted octanol–water partition coefficient (Wildman–Crippen LogP) is 3.12. The molecule has 3 aromatic rings. The van der Waals surface area contributed by atoms with Crippen molar-refractivity contribution >= 4 is 23.3 Å². The Morgan fingerprint density at radius 3 is 2.68 bits per heavy atom. The number of aromatic nitrogens is 4. The third-order valence-electron chi connectivity index (χ3n) is 4.75. The number of amides is 1. The lowest BCUT2D eigenvalue weighted by atomic mass is 9.85. The van der Waals surface area contributed by atoms with E-state index >= 15 is 0 Å². The first-order chi connectivity index (χ1) is 13.5. The van der Waals surface area contributed by atoms with Gasteiger partial charge in [0.1, 0.15) is 17.3 Å². The van der Waals surface area contributed by atoms with Crippen molar-refractivity contribution in [1.29, 1.82) is 0 Å². The third kappa shape index (κ3) is 3.05. The molecule has 0 saturated carbocycles. The zero-order chi connectivity index (χ0) is 19.8. The molecule has 0 spiro atoms. The van der Waals surface area contributed by atoms with Crippen LogP contribution in [0.15, 0.2) is 30.3 Å². The molecule has 0 bridgehead atoms. The molecule has 144 valence electrons. The number of nitrogens with zero attached hydrogens (tertiary/aromatic N) is 4. The highest BCUT2D eigenvalue weighted by molar-refractivity contribution is 6.29. The van der Waals surface area contributed by atoms with E-state index in [1.54, 1.807) is 31.0 Å². The second kappa shape index (κ2) is 7.12. The lowest BCUT2D eigenvalue weighted by molar-refractivity contribution is -0.116. The van der Waals surface area contributed by atoms with Gasteiger partial charge in [0.15, 0.2) is 11.0 Å². The van der Waals surface area contributed by atoms with Gasteiger partial charge in [-0.2, -0.15) is 9.78 Å². The summed E-state index contributed by atoms with van der Waals surface area (Å²) < 4.78 is 12.5. The minimum absolute atomic E-state index is 0.120. The van der Waals surface area contributed by atoms with Gasteiger partial charge < -0.3 is 14.8 Å². The van der Waals surface area contributed by atoms with Crippen LogP contribution in [0.4, 0.5) is 5.82 Å². The van der Waals surface area contributed by atoms with Crippen LogP contribution < -0.4 is 14.8 Å². The highest BCUT2D eigenvalue weighted by Gasteiger charge is 2.34. The number of nitrogens with one attached hydrogen (secondary N) is 1. The Morgan fingerprint density at radius 1 is 1.18 bits per heavy atom. The number of methoxy groups -OCH3 is 2. The second-order valence-electron chi connectivity index (χ2n) is 6.39. The average molecular weight is 400 g/mol. The summed E-state index contributed by atoms with van der Waals surface area (Å²) in [6.45, 7) is 1.90. The minimum Gasteiger partial charge on any atom is -0.497 e. The molecular formula is C19H18ClN5O3. The molecule has 0 fully saturated rings. The van der Waals surface area contributed by atoms with Gasteiger partial charge in [0.25, 0.3) is 0 Å². The highest BCUT2D eigenvalue weighted by Crippen LogP contribution is 2.44. The molecule has 4 rings (SSSR count). The van der Waals surface area contributed by atoms with Gasteiger partial charge in [0.2, 0.25) is 5.91 Å². The summed E-state index contributed by atoms with van der Waals surface area (Å²) in [5.41, 5.74) is 2.55. The van der Waals surface area contributed by atoms with Gasteiger partial charge in [0, 0.05) is 23.5 Å². The first-order valence-corrected chi connectivity index (χ1v) is 9.00. The molecule has 28 heavy (non-hydrogen) atoms. The van der Waals surface area contributed by atoms with Crippen LogP contribution in [0.3, 0.4) is 0 Å². The molecule has 3 heterocycles. The molecule has 0 saturated heterocycles. The molecule has 1 amide bonds. The molecule has 1 aromatic carbocycles. The maximum atomic E-state index is 12.5. The number of hydrogen-bond acceptors (Lipinski definition) is 6. The van der Waals surface area contributed by atoms with Gasteiger partial charge in [-0.1, -0.05) is 11.6 Å². The molecule has 1 aliphatic rings. The summed E-state index contributed by atoms with van der Waals surface area (Å²) in [5.74, 6) is 2.06. The fraction of sp³-hybridized carbons (Fsp3) is 0.263. The summed E-state index contributed by atoms with van der Waals surface area (Å²) in [4.78, 5) is 12.5. The first kappa shape index (κ1) is 18.2. The fourth-order valence-electron chi connectivity index (χ4n) is 3.51. The van der Waals surface area contributed by atoms with E-state index in [0.717, 1.165) is 16.8 Å². The number of carbonyl (C=O) groups excluding carboxylic acids is 1. The van der Waals surface area contributed by atoms with E-state index in [9.17, 15) is 4.79 Å². The van der Waals surface area contributed by atoms with Crippen LogP contribution in [0.25, 0.3) is 5.82 Å². The van der Waals surface area contributed by atoms with Crippen molar-refractivity contribution in [3.8, 4) is 17.3 Å². The molecule has 0 unspecified atom stereocenters. The molecule has 2 aromatic heterocycles. The van der Waals surface area contributed by atoms with Gasteiger partial charge in [-0.3, -0.25) is 4.79 Å². The number of ether oxygens (including phenoxy) is 2.